The second-order valence-corrected chi connectivity index (χ2v) is 6.83. The average Bonchev–Trinajstić information content (AvgIpc) is 2.68. The number of nitrogens with zero attached hydrogens (tertiary/aromatic N) is 2. The molecule has 1 N–H and O–H groups in total. The average molecular weight is 263 g/mol. The summed E-state index contributed by atoms with van der Waals surface area (Å²) in [6.07, 6.45) is 3.40. The van der Waals surface area contributed by atoms with Crippen molar-refractivity contribution in [2.24, 2.45) is 11.3 Å². The minimum absolute atomic E-state index is 0.321. The van der Waals surface area contributed by atoms with Gasteiger partial charge in [0.15, 0.2) is 0 Å². The maximum Gasteiger partial charge on any atom is 0.109 e. The lowest BCUT2D eigenvalue weighted by Crippen LogP contribution is -2.30. The molecule has 0 saturated carbocycles. The molecule has 3 heteroatoms. The smallest absolute Gasteiger partial charge is 0.109 e. The van der Waals surface area contributed by atoms with E-state index in [9.17, 15) is 0 Å². The normalized spacial score (nSPS) is 15.9. The number of fused-ring (bicyclic) bond motifs is 1. The summed E-state index contributed by atoms with van der Waals surface area (Å²) in [6.45, 7) is 14.8. The van der Waals surface area contributed by atoms with Gasteiger partial charge in [-0.1, -0.05) is 34.6 Å². The molecule has 19 heavy (non-hydrogen) atoms. The van der Waals surface area contributed by atoms with Crippen molar-refractivity contribution in [3.63, 3.8) is 0 Å². The molecule has 0 atom stereocenters. The molecule has 3 nitrogen and oxygen atoms in total. The van der Waals surface area contributed by atoms with Gasteiger partial charge in [-0.15, -0.1) is 0 Å². The van der Waals surface area contributed by atoms with E-state index in [1.165, 1.54) is 23.6 Å². The SMILES string of the molecule is CCCc1nc2c(n1CC(C)(C)C(C)C)CCNC2. The van der Waals surface area contributed by atoms with Crippen molar-refractivity contribution >= 4 is 0 Å². The van der Waals surface area contributed by atoms with Crippen LogP contribution in [0.2, 0.25) is 0 Å². The number of aromatic nitrogens is 2. The van der Waals surface area contributed by atoms with Gasteiger partial charge in [0.25, 0.3) is 0 Å². The van der Waals surface area contributed by atoms with Crippen LogP contribution in [0.4, 0.5) is 0 Å². The third-order valence-electron chi connectivity index (χ3n) is 4.67. The maximum absolute atomic E-state index is 4.88. The zero-order valence-corrected chi connectivity index (χ0v) is 13.2. The van der Waals surface area contributed by atoms with E-state index in [1.807, 2.05) is 0 Å². The molecule has 1 aromatic heterocycles. The largest absolute Gasteiger partial charge is 0.331 e. The van der Waals surface area contributed by atoms with Gasteiger partial charge in [-0.05, 0) is 17.8 Å². The molecule has 0 aliphatic carbocycles. The lowest BCUT2D eigenvalue weighted by Gasteiger charge is -2.31. The van der Waals surface area contributed by atoms with Gasteiger partial charge in [-0.2, -0.15) is 0 Å². The summed E-state index contributed by atoms with van der Waals surface area (Å²) in [5.74, 6) is 1.98. The fraction of sp³-hybridized carbons (Fsp3) is 0.812. The van der Waals surface area contributed by atoms with Crippen LogP contribution in [0.5, 0.6) is 0 Å². The molecule has 1 aliphatic rings. The minimum Gasteiger partial charge on any atom is -0.331 e. The Morgan fingerprint density at radius 1 is 1.37 bits per heavy atom. The van der Waals surface area contributed by atoms with E-state index in [2.05, 4.69) is 44.5 Å². The Kier molecular flexibility index (Phi) is 4.34. The Morgan fingerprint density at radius 2 is 2.11 bits per heavy atom. The molecular weight excluding hydrogens is 234 g/mol. The molecule has 0 aromatic carbocycles. The highest BCUT2D eigenvalue weighted by Crippen LogP contribution is 2.30. The summed E-state index contributed by atoms with van der Waals surface area (Å²) >= 11 is 0. The number of rotatable bonds is 5. The standard InChI is InChI=1S/C16H29N3/c1-6-7-15-18-13-10-17-9-8-14(13)19(15)11-16(4,5)12(2)3/h12,17H,6-11H2,1-5H3. The Bertz CT molecular complexity index is 429. The zero-order chi connectivity index (χ0) is 14.0. The quantitative estimate of drug-likeness (QED) is 0.884. The summed E-state index contributed by atoms with van der Waals surface area (Å²) in [4.78, 5) is 4.88. The maximum atomic E-state index is 4.88. The van der Waals surface area contributed by atoms with Gasteiger partial charge in [-0.25, -0.2) is 4.98 Å². The molecule has 2 rings (SSSR count). The van der Waals surface area contributed by atoms with Crippen molar-refractivity contribution < 1.29 is 0 Å². The first-order valence-corrected chi connectivity index (χ1v) is 7.73. The summed E-state index contributed by atoms with van der Waals surface area (Å²) in [5.41, 5.74) is 3.09. The summed E-state index contributed by atoms with van der Waals surface area (Å²) in [5, 5.41) is 3.43. The van der Waals surface area contributed by atoms with Gasteiger partial charge in [0.2, 0.25) is 0 Å². The fourth-order valence-electron chi connectivity index (χ4n) is 2.62. The molecule has 0 bridgehead atoms. The molecule has 0 fully saturated rings. The van der Waals surface area contributed by atoms with Crippen molar-refractivity contribution in [3.05, 3.63) is 17.2 Å². The molecular formula is C16H29N3. The first-order chi connectivity index (χ1) is 8.95. The highest BCUT2D eigenvalue weighted by Gasteiger charge is 2.27. The lowest BCUT2D eigenvalue weighted by molar-refractivity contribution is 0.205. The van der Waals surface area contributed by atoms with Crippen molar-refractivity contribution in [2.45, 2.75) is 67.0 Å². The highest BCUT2D eigenvalue weighted by molar-refractivity contribution is 5.21. The van der Waals surface area contributed by atoms with Gasteiger partial charge in [0.05, 0.1) is 5.69 Å². The molecule has 2 heterocycles. The number of hydrogen-bond donors (Lipinski definition) is 1. The Balaban J connectivity index is 2.34. The van der Waals surface area contributed by atoms with E-state index in [-0.39, 0.29) is 0 Å². The molecule has 1 aromatic rings. The van der Waals surface area contributed by atoms with Crippen molar-refractivity contribution in [3.8, 4) is 0 Å². The van der Waals surface area contributed by atoms with Crippen molar-refractivity contribution in [1.82, 2.24) is 14.9 Å². The summed E-state index contributed by atoms with van der Waals surface area (Å²) in [6, 6.07) is 0. The summed E-state index contributed by atoms with van der Waals surface area (Å²) < 4.78 is 2.53. The van der Waals surface area contributed by atoms with Crippen LogP contribution in [-0.4, -0.2) is 16.1 Å². The third kappa shape index (κ3) is 3.02. The summed E-state index contributed by atoms with van der Waals surface area (Å²) in [7, 11) is 0. The monoisotopic (exact) mass is 263 g/mol. The Labute approximate surface area is 117 Å². The number of nitrogens with one attached hydrogen (secondary N) is 1. The second kappa shape index (κ2) is 5.66. The van der Waals surface area contributed by atoms with Crippen LogP contribution in [0.25, 0.3) is 0 Å². The lowest BCUT2D eigenvalue weighted by atomic mass is 9.81. The van der Waals surface area contributed by atoms with E-state index >= 15 is 0 Å². The molecule has 0 unspecified atom stereocenters. The van der Waals surface area contributed by atoms with Crippen LogP contribution in [0.15, 0.2) is 0 Å². The van der Waals surface area contributed by atoms with Gasteiger partial charge >= 0.3 is 0 Å². The molecule has 0 spiro atoms. The zero-order valence-electron chi connectivity index (χ0n) is 13.2. The van der Waals surface area contributed by atoms with Crippen LogP contribution < -0.4 is 5.32 Å². The molecule has 0 radical (unpaired) electrons. The number of hydrogen-bond acceptors (Lipinski definition) is 2. The predicted octanol–water partition coefficient (Wildman–Crippen LogP) is 3.16. The number of imidazole rings is 1. The van der Waals surface area contributed by atoms with E-state index in [0.717, 1.165) is 32.5 Å². The molecule has 0 saturated heterocycles. The van der Waals surface area contributed by atoms with Crippen LogP contribution in [0.1, 0.15) is 58.3 Å². The Morgan fingerprint density at radius 3 is 2.74 bits per heavy atom. The van der Waals surface area contributed by atoms with E-state index < -0.39 is 0 Å². The first-order valence-electron chi connectivity index (χ1n) is 7.73. The topological polar surface area (TPSA) is 29.9 Å². The molecule has 1 aliphatic heterocycles. The van der Waals surface area contributed by atoms with Gasteiger partial charge in [0.1, 0.15) is 5.82 Å². The van der Waals surface area contributed by atoms with Crippen LogP contribution in [-0.2, 0) is 25.9 Å². The number of aryl methyl sites for hydroxylation is 1. The van der Waals surface area contributed by atoms with Crippen molar-refractivity contribution in [1.29, 1.82) is 0 Å². The van der Waals surface area contributed by atoms with E-state index in [1.54, 1.807) is 0 Å². The van der Waals surface area contributed by atoms with Crippen molar-refractivity contribution in [2.75, 3.05) is 6.54 Å². The third-order valence-corrected chi connectivity index (χ3v) is 4.67. The molecule has 108 valence electrons. The minimum atomic E-state index is 0.321. The van der Waals surface area contributed by atoms with Crippen LogP contribution in [0, 0.1) is 11.3 Å². The highest BCUT2D eigenvalue weighted by atomic mass is 15.1. The van der Waals surface area contributed by atoms with Crippen LogP contribution in [0.3, 0.4) is 0 Å². The van der Waals surface area contributed by atoms with Crippen LogP contribution >= 0.6 is 0 Å². The second-order valence-electron chi connectivity index (χ2n) is 6.83. The van der Waals surface area contributed by atoms with E-state index in [0.29, 0.717) is 11.3 Å². The van der Waals surface area contributed by atoms with E-state index in [4.69, 9.17) is 4.98 Å². The first kappa shape index (κ1) is 14.6. The molecule has 0 amide bonds. The fourth-order valence-corrected chi connectivity index (χ4v) is 2.62. The van der Waals surface area contributed by atoms with Gasteiger partial charge in [0, 0.05) is 38.2 Å². The Hall–Kier alpha value is -0.830. The predicted molar refractivity (Wildman–Crippen MR) is 80.3 cm³/mol. The van der Waals surface area contributed by atoms with Gasteiger partial charge < -0.3 is 9.88 Å². The van der Waals surface area contributed by atoms with Gasteiger partial charge in [-0.3, -0.25) is 0 Å².